The maximum absolute atomic E-state index is 12.0. The molecule has 0 radical (unpaired) electrons. The Morgan fingerprint density at radius 1 is 1.27 bits per heavy atom. The van der Waals surface area contributed by atoms with Gasteiger partial charge in [-0.1, -0.05) is 0 Å². The predicted molar refractivity (Wildman–Crippen MR) is 79.0 cm³/mol. The van der Waals surface area contributed by atoms with Gasteiger partial charge in [0.25, 0.3) is 5.91 Å². The van der Waals surface area contributed by atoms with Crippen LogP contribution in [0, 0.1) is 0 Å². The number of amides is 4. The molecule has 4 amide bonds. The van der Waals surface area contributed by atoms with E-state index >= 15 is 0 Å². The van der Waals surface area contributed by atoms with Gasteiger partial charge in [0, 0.05) is 11.8 Å². The summed E-state index contributed by atoms with van der Waals surface area (Å²) >= 11 is 3.31. The second-order valence-corrected chi connectivity index (χ2v) is 5.45. The van der Waals surface area contributed by atoms with Crippen LogP contribution in [0.5, 0.6) is 0 Å². The molecule has 0 atom stereocenters. The monoisotopic (exact) mass is 363 g/mol. The van der Waals surface area contributed by atoms with E-state index in [1.54, 1.807) is 41.3 Å². The molecule has 0 aliphatic carbocycles. The number of halogens is 1. The summed E-state index contributed by atoms with van der Waals surface area (Å²) in [6.45, 7) is -0.191. The van der Waals surface area contributed by atoms with E-state index < -0.39 is 17.8 Å². The largest absolute Gasteiger partial charge is 0.343 e. The van der Waals surface area contributed by atoms with E-state index in [2.05, 4.69) is 31.8 Å². The number of carbonyl (C=O) groups is 3. The van der Waals surface area contributed by atoms with Gasteiger partial charge < -0.3 is 0 Å². The number of carbonyl (C=O) groups excluding carboxylic acids is 3. The molecule has 1 aromatic carbocycles. The topological polar surface area (TPSA) is 96.3 Å². The highest BCUT2D eigenvalue weighted by molar-refractivity contribution is 9.10. The van der Waals surface area contributed by atoms with Crippen molar-refractivity contribution in [3.05, 3.63) is 46.7 Å². The first-order valence-corrected chi connectivity index (χ1v) is 7.05. The minimum Gasteiger partial charge on any atom is -0.275 e. The number of rotatable bonds is 3. The zero-order chi connectivity index (χ0) is 15.7. The van der Waals surface area contributed by atoms with Crippen LogP contribution in [0.1, 0.15) is 10.4 Å². The van der Waals surface area contributed by atoms with Crippen LogP contribution in [0.4, 0.5) is 4.79 Å². The summed E-state index contributed by atoms with van der Waals surface area (Å²) in [5, 5.41) is 7.14. The molecule has 1 aromatic heterocycles. The summed E-state index contributed by atoms with van der Waals surface area (Å²) in [4.78, 5) is 34.4. The Kier molecular flexibility index (Phi) is 3.63. The van der Waals surface area contributed by atoms with E-state index in [4.69, 9.17) is 0 Å². The first kappa shape index (κ1) is 14.3. The van der Waals surface area contributed by atoms with E-state index in [1.807, 2.05) is 0 Å². The van der Waals surface area contributed by atoms with E-state index in [-0.39, 0.29) is 6.54 Å². The van der Waals surface area contributed by atoms with Crippen LogP contribution in [0.2, 0.25) is 0 Å². The maximum atomic E-state index is 12.0. The highest BCUT2D eigenvalue weighted by atomic mass is 79.9. The number of imide groups is 1. The average molecular weight is 364 g/mol. The van der Waals surface area contributed by atoms with Gasteiger partial charge in [-0.3, -0.25) is 20.3 Å². The summed E-state index contributed by atoms with van der Waals surface area (Å²) in [6, 6.07) is 6.02. The van der Waals surface area contributed by atoms with Crippen LogP contribution in [0.15, 0.2) is 41.1 Å². The Balaban J connectivity index is 1.71. The summed E-state index contributed by atoms with van der Waals surface area (Å²) in [7, 11) is 0. The zero-order valence-corrected chi connectivity index (χ0v) is 12.7. The Labute approximate surface area is 133 Å². The molecule has 1 aliphatic heterocycles. The van der Waals surface area contributed by atoms with E-state index in [9.17, 15) is 14.4 Å². The molecule has 0 unspecified atom stereocenters. The van der Waals surface area contributed by atoms with Crippen LogP contribution in [-0.2, 0) is 4.79 Å². The van der Waals surface area contributed by atoms with Crippen molar-refractivity contribution in [1.29, 1.82) is 0 Å². The van der Waals surface area contributed by atoms with Gasteiger partial charge in [0.05, 0.1) is 16.4 Å². The molecule has 0 spiro atoms. The van der Waals surface area contributed by atoms with E-state index in [1.165, 1.54) is 0 Å². The number of hydrogen-bond donors (Lipinski definition) is 2. The first-order chi connectivity index (χ1) is 10.5. The lowest BCUT2D eigenvalue weighted by Gasteiger charge is -2.14. The molecule has 1 saturated heterocycles. The van der Waals surface area contributed by atoms with Crippen LogP contribution in [-0.4, -0.2) is 39.2 Å². The fourth-order valence-corrected chi connectivity index (χ4v) is 2.21. The van der Waals surface area contributed by atoms with Gasteiger partial charge in [-0.05, 0) is 40.2 Å². The first-order valence-electron chi connectivity index (χ1n) is 6.26. The normalized spacial score (nSPS) is 14.1. The average Bonchev–Trinajstić information content (AvgIpc) is 3.05. The number of nitrogens with one attached hydrogen (secondary N) is 2. The van der Waals surface area contributed by atoms with Crippen molar-refractivity contribution in [2.45, 2.75) is 0 Å². The molecular formula is C13H10BrN5O3. The fraction of sp³-hybridized carbons (Fsp3) is 0.0769. The molecule has 1 fully saturated rings. The van der Waals surface area contributed by atoms with Crippen molar-refractivity contribution < 1.29 is 14.4 Å². The molecule has 2 heterocycles. The van der Waals surface area contributed by atoms with Crippen molar-refractivity contribution in [3.8, 4) is 5.69 Å². The van der Waals surface area contributed by atoms with E-state index in [0.29, 0.717) is 5.56 Å². The summed E-state index contributed by atoms with van der Waals surface area (Å²) in [5.74, 6) is -0.928. The molecule has 3 rings (SSSR count). The molecule has 2 aromatic rings. The van der Waals surface area contributed by atoms with Gasteiger partial charge in [-0.2, -0.15) is 5.10 Å². The van der Waals surface area contributed by atoms with Crippen molar-refractivity contribution >= 4 is 33.8 Å². The summed E-state index contributed by atoms with van der Waals surface area (Å²) in [6.07, 6.45) is 3.44. The van der Waals surface area contributed by atoms with Crippen LogP contribution < -0.4 is 10.7 Å². The lowest BCUT2D eigenvalue weighted by Crippen LogP contribution is -2.44. The number of urea groups is 1. The van der Waals surface area contributed by atoms with Crippen LogP contribution in [0.3, 0.4) is 0 Å². The van der Waals surface area contributed by atoms with E-state index in [0.717, 1.165) is 15.2 Å². The lowest BCUT2D eigenvalue weighted by molar-refractivity contribution is -0.118. The van der Waals surface area contributed by atoms with Gasteiger partial charge in [-0.25, -0.2) is 14.5 Å². The number of benzene rings is 1. The Morgan fingerprint density at radius 3 is 2.55 bits per heavy atom. The molecule has 9 heteroatoms. The smallest absolute Gasteiger partial charge is 0.275 e. The van der Waals surface area contributed by atoms with Gasteiger partial charge in [0.2, 0.25) is 5.91 Å². The van der Waals surface area contributed by atoms with Crippen molar-refractivity contribution in [2.75, 3.05) is 6.54 Å². The highest BCUT2D eigenvalue weighted by Gasteiger charge is 2.28. The molecule has 22 heavy (non-hydrogen) atoms. The van der Waals surface area contributed by atoms with Crippen LogP contribution in [0.25, 0.3) is 5.69 Å². The third-order valence-electron chi connectivity index (χ3n) is 2.97. The van der Waals surface area contributed by atoms with Gasteiger partial charge >= 0.3 is 6.03 Å². The highest BCUT2D eigenvalue weighted by Crippen LogP contribution is 2.13. The second kappa shape index (κ2) is 5.60. The molecule has 8 nitrogen and oxygen atoms in total. The third-order valence-corrected chi connectivity index (χ3v) is 3.38. The lowest BCUT2D eigenvalue weighted by atomic mass is 10.2. The number of hydrazine groups is 1. The fourth-order valence-electron chi connectivity index (χ4n) is 1.93. The third kappa shape index (κ3) is 2.84. The van der Waals surface area contributed by atoms with Gasteiger partial charge in [0.1, 0.15) is 6.54 Å². The molecule has 0 bridgehead atoms. The van der Waals surface area contributed by atoms with Gasteiger partial charge in [0.15, 0.2) is 0 Å². The number of hydrogen-bond acceptors (Lipinski definition) is 4. The quantitative estimate of drug-likeness (QED) is 0.789. The minimum atomic E-state index is -0.642. The summed E-state index contributed by atoms with van der Waals surface area (Å²) in [5.41, 5.74) is 3.52. The number of nitrogens with zero attached hydrogens (tertiary/aromatic N) is 3. The Hall–Kier alpha value is -2.68. The van der Waals surface area contributed by atoms with Crippen molar-refractivity contribution in [3.63, 3.8) is 0 Å². The Bertz CT molecular complexity index is 755. The van der Waals surface area contributed by atoms with Crippen LogP contribution >= 0.6 is 15.9 Å². The Morgan fingerprint density at radius 2 is 2.00 bits per heavy atom. The molecule has 2 N–H and O–H groups in total. The SMILES string of the molecule is O=C1CN(NC(=O)c2ccc(-n3cc(Br)cn3)cc2)C(=O)N1. The molecule has 1 aliphatic rings. The zero-order valence-electron chi connectivity index (χ0n) is 11.1. The second-order valence-electron chi connectivity index (χ2n) is 4.53. The number of aromatic nitrogens is 2. The maximum Gasteiger partial charge on any atom is 0.343 e. The van der Waals surface area contributed by atoms with Crippen molar-refractivity contribution in [2.24, 2.45) is 0 Å². The molecular weight excluding hydrogens is 354 g/mol. The summed E-state index contributed by atoms with van der Waals surface area (Å²) < 4.78 is 2.50. The van der Waals surface area contributed by atoms with Crippen molar-refractivity contribution in [1.82, 2.24) is 25.5 Å². The predicted octanol–water partition coefficient (Wildman–Crippen LogP) is 0.831. The molecule has 0 saturated carbocycles. The van der Waals surface area contributed by atoms with Gasteiger partial charge in [-0.15, -0.1) is 0 Å². The molecule has 112 valence electrons. The minimum absolute atomic E-state index is 0.191. The standard InChI is InChI=1S/C13H10BrN5O3/c14-9-5-15-18(6-9)10-3-1-8(2-4-10)12(21)17-19-7-11(20)16-13(19)22/h1-6H,7H2,(H,17,21)(H,16,20,22).